The summed E-state index contributed by atoms with van der Waals surface area (Å²) < 4.78 is 7.07. The van der Waals surface area contributed by atoms with Crippen molar-refractivity contribution in [3.63, 3.8) is 0 Å². The standard InChI is InChI=1S/C29H34IN3O5/c1-2-7-27(35)33(14-12-21-16-19-8-3-5-10-23(19)32-21)24-17-20(29(37)31-13-15-34)18-26(28(24)36)38-25-11-6-4-9-22(25)30/h3-6,8-11,16,18,24,26,28,32,34,36H,2,7,12-15,17H2,1H3,(H,31,37). The van der Waals surface area contributed by atoms with Crippen molar-refractivity contribution in [1.82, 2.24) is 15.2 Å². The summed E-state index contributed by atoms with van der Waals surface area (Å²) in [6, 6.07) is 16.9. The molecule has 0 saturated heterocycles. The first-order valence-electron chi connectivity index (χ1n) is 13.0. The maximum absolute atomic E-state index is 13.4. The number of carbonyl (C=O) groups excluding carboxylic acids is 2. The van der Waals surface area contributed by atoms with Gasteiger partial charge in [0.2, 0.25) is 11.8 Å². The molecule has 3 unspecified atom stereocenters. The first-order valence-corrected chi connectivity index (χ1v) is 14.0. The molecule has 3 atom stereocenters. The van der Waals surface area contributed by atoms with Crippen LogP contribution in [0, 0.1) is 3.57 Å². The number of nitrogens with zero attached hydrogens (tertiary/aromatic N) is 1. The molecule has 0 radical (unpaired) electrons. The third-order valence-electron chi connectivity index (χ3n) is 6.71. The van der Waals surface area contributed by atoms with Gasteiger partial charge in [-0.25, -0.2) is 0 Å². The summed E-state index contributed by atoms with van der Waals surface area (Å²) in [6.45, 7) is 2.26. The van der Waals surface area contributed by atoms with E-state index in [0.717, 1.165) is 20.2 Å². The van der Waals surface area contributed by atoms with Crippen LogP contribution in [0.3, 0.4) is 0 Å². The third kappa shape index (κ3) is 6.75. The fraction of sp³-hybridized carbons (Fsp3) is 0.379. The predicted molar refractivity (Wildman–Crippen MR) is 155 cm³/mol. The second-order valence-corrected chi connectivity index (χ2v) is 10.6. The van der Waals surface area contributed by atoms with Crippen LogP contribution in [0.1, 0.15) is 31.9 Å². The van der Waals surface area contributed by atoms with Gasteiger partial charge >= 0.3 is 0 Å². The topological polar surface area (TPSA) is 115 Å². The van der Waals surface area contributed by atoms with E-state index in [2.05, 4.69) is 39.0 Å². The summed E-state index contributed by atoms with van der Waals surface area (Å²) in [5, 5.41) is 24.5. The number of halogens is 1. The summed E-state index contributed by atoms with van der Waals surface area (Å²) in [4.78, 5) is 31.4. The van der Waals surface area contributed by atoms with Gasteiger partial charge in [-0.2, -0.15) is 0 Å². The molecule has 8 nitrogen and oxygen atoms in total. The molecule has 4 rings (SSSR count). The summed E-state index contributed by atoms with van der Waals surface area (Å²) in [6.07, 6.45) is 1.54. The number of rotatable bonds is 11. The molecule has 9 heteroatoms. The molecule has 202 valence electrons. The molecular formula is C29H34IN3O5. The molecule has 1 aliphatic rings. The number of H-pyrrole nitrogens is 1. The second kappa shape index (κ2) is 13.3. The van der Waals surface area contributed by atoms with Crippen LogP contribution >= 0.6 is 22.6 Å². The van der Waals surface area contributed by atoms with E-state index in [1.807, 2.05) is 55.5 Å². The fourth-order valence-electron chi connectivity index (χ4n) is 4.81. The molecule has 3 aromatic rings. The highest BCUT2D eigenvalue weighted by Gasteiger charge is 2.40. The van der Waals surface area contributed by atoms with Crippen molar-refractivity contribution in [1.29, 1.82) is 0 Å². The number of nitrogens with one attached hydrogen (secondary N) is 2. The zero-order valence-electron chi connectivity index (χ0n) is 21.4. The van der Waals surface area contributed by atoms with Crippen molar-refractivity contribution < 1.29 is 24.5 Å². The zero-order valence-corrected chi connectivity index (χ0v) is 23.6. The van der Waals surface area contributed by atoms with Crippen molar-refractivity contribution in [3.8, 4) is 5.75 Å². The number of fused-ring (bicyclic) bond motifs is 1. The van der Waals surface area contributed by atoms with Gasteiger partial charge < -0.3 is 30.2 Å². The van der Waals surface area contributed by atoms with Crippen LogP contribution in [-0.4, -0.2) is 69.9 Å². The van der Waals surface area contributed by atoms with E-state index in [0.29, 0.717) is 37.1 Å². The van der Waals surface area contributed by atoms with Crippen LogP contribution < -0.4 is 10.1 Å². The van der Waals surface area contributed by atoms with Crippen molar-refractivity contribution >= 4 is 45.3 Å². The highest BCUT2D eigenvalue weighted by Crippen LogP contribution is 2.30. The molecule has 38 heavy (non-hydrogen) atoms. The summed E-state index contributed by atoms with van der Waals surface area (Å²) in [7, 11) is 0. The number of hydrogen-bond donors (Lipinski definition) is 4. The van der Waals surface area contributed by atoms with Gasteiger partial charge in [0.1, 0.15) is 18.0 Å². The van der Waals surface area contributed by atoms with Gasteiger partial charge in [-0.15, -0.1) is 0 Å². The van der Waals surface area contributed by atoms with Crippen LogP contribution in [0.5, 0.6) is 5.75 Å². The molecule has 4 N–H and O–H groups in total. The Hall–Kier alpha value is -2.89. The Balaban J connectivity index is 1.62. The van der Waals surface area contributed by atoms with Crippen molar-refractivity contribution in [2.24, 2.45) is 0 Å². The number of para-hydroxylation sites is 2. The summed E-state index contributed by atoms with van der Waals surface area (Å²) in [5.41, 5.74) is 2.45. The van der Waals surface area contributed by atoms with Gasteiger partial charge in [-0.1, -0.05) is 37.3 Å². The summed E-state index contributed by atoms with van der Waals surface area (Å²) >= 11 is 2.16. The maximum Gasteiger partial charge on any atom is 0.247 e. The Labute approximate surface area is 236 Å². The predicted octanol–water partition coefficient (Wildman–Crippen LogP) is 3.56. The minimum Gasteiger partial charge on any atom is -0.482 e. The lowest BCUT2D eigenvalue weighted by Gasteiger charge is -2.40. The molecular weight excluding hydrogens is 597 g/mol. The van der Waals surface area contributed by atoms with E-state index in [1.165, 1.54) is 0 Å². The first-order chi connectivity index (χ1) is 18.4. The van der Waals surface area contributed by atoms with Gasteiger partial charge in [0, 0.05) is 49.1 Å². The Kier molecular flexibility index (Phi) is 9.81. The van der Waals surface area contributed by atoms with Crippen molar-refractivity contribution in [2.75, 3.05) is 19.7 Å². The number of aromatic amines is 1. The van der Waals surface area contributed by atoms with E-state index in [9.17, 15) is 19.8 Å². The molecule has 2 aromatic carbocycles. The van der Waals surface area contributed by atoms with Crippen LogP contribution in [0.4, 0.5) is 0 Å². The van der Waals surface area contributed by atoms with Gasteiger partial charge in [-0.05, 0) is 64.7 Å². The Morgan fingerprint density at radius 2 is 1.95 bits per heavy atom. The molecule has 0 saturated carbocycles. The van der Waals surface area contributed by atoms with Crippen LogP contribution in [0.2, 0.25) is 0 Å². The molecule has 2 amide bonds. The third-order valence-corrected chi connectivity index (χ3v) is 7.60. The average molecular weight is 632 g/mol. The van der Waals surface area contributed by atoms with E-state index in [1.54, 1.807) is 11.0 Å². The number of hydrogen-bond acceptors (Lipinski definition) is 5. The molecule has 1 aromatic heterocycles. The van der Waals surface area contributed by atoms with Gasteiger partial charge in [0.25, 0.3) is 0 Å². The minimum absolute atomic E-state index is 0.0716. The van der Waals surface area contributed by atoms with Crippen molar-refractivity contribution in [2.45, 2.75) is 50.9 Å². The van der Waals surface area contributed by atoms with E-state index in [4.69, 9.17) is 4.74 Å². The average Bonchev–Trinajstić information content (AvgIpc) is 3.33. The summed E-state index contributed by atoms with van der Waals surface area (Å²) in [5.74, 6) is 0.178. The molecule has 0 aliphatic heterocycles. The highest BCUT2D eigenvalue weighted by molar-refractivity contribution is 14.1. The smallest absolute Gasteiger partial charge is 0.247 e. The number of aliphatic hydroxyl groups excluding tert-OH is 2. The van der Waals surface area contributed by atoms with Gasteiger partial charge in [0.15, 0.2) is 0 Å². The Morgan fingerprint density at radius 1 is 1.18 bits per heavy atom. The lowest BCUT2D eigenvalue weighted by molar-refractivity contribution is -0.138. The van der Waals surface area contributed by atoms with Crippen LogP contribution in [-0.2, 0) is 16.0 Å². The highest BCUT2D eigenvalue weighted by atomic mass is 127. The number of aromatic nitrogens is 1. The number of ether oxygens (including phenoxy) is 1. The maximum atomic E-state index is 13.4. The second-order valence-electron chi connectivity index (χ2n) is 9.42. The van der Waals surface area contributed by atoms with Crippen LogP contribution in [0.25, 0.3) is 10.9 Å². The van der Waals surface area contributed by atoms with E-state index >= 15 is 0 Å². The number of benzene rings is 2. The first kappa shape index (κ1) is 28.1. The molecule has 0 fully saturated rings. The molecule has 1 heterocycles. The number of amides is 2. The largest absolute Gasteiger partial charge is 0.482 e. The lowest BCUT2D eigenvalue weighted by Crippen LogP contribution is -2.55. The van der Waals surface area contributed by atoms with E-state index in [-0.39, 0.29) is 31.4 Å². The number of aliphatic hydroxyl groups is 2. The number of carbonyl (C=O) groups is 2. The SMILES string of the molecule is CCCC(=O)N(CCc1cc2ccccc2[nH]1)C1CC(C(=O)NCCO)=CC(Oc2ccccc2I)C1O. The molecule has 0 spiro atoms. The van der Waals surface area contributed by atoms with Crippen LogP contribution in [0.15, 0.2) is 66.2 Å². The molecule has 0 bridgehead atoms. The lowest BCUT2D eigenvalue weighted by atomic mass is 9.87. The van der Waals surface area contributed by atoms with Gasteiger partial charge in [-0.3, -0.25) is 9.59 Å². The van der Waals surface area contributed by atoms with E-state index < -0.39 is 18.2 Å². The fourth-order valence-corrected chi connectivity index (χ4v) is 5.32. The normalized spacial score (nSPS) is 19.2. The van der Waals surface area contributed by atoms with Crippen molar-refractivity contribution in [3.05, 3.63) is 75.5 Å². The Bertz CT molecular complexity index is 1260. The van der Waals surface area contributed by atoms with Gasteiger partial charge in [0.05, 0.1) is 16.2 Å². The zero-order chi connectivity index (χ0) is 27.1. The minimum atomic E-state index is -1.04. The monoisotopic (exact) mass is 631 g/mol. The molecule has 1 aliphatic carbocycles. The Morgan fingerprint density at radius 3 is 2.68 bits per heavy atom. The quantitative estimate of drug-likeness (QED) is 0.242.